The van der Waals surface area contributed by atoms with Crippen LogP contribution in [0.1, 0.15) is 5.69 Å². The normalized spacial score (nSPS) is 15.7. The van der Waals surface area contributed by atoms with Gasteiger partial charge in [-0.1, -0.05) is 17.7 Å². The number of rotatable bonds is 3. The summed E-state index contributed by atoms with van der Waals surface area (Å²) >= 11 is 11.2. The molecule has 1 saturated heterocycles. The number of thiocarbonyl (C=S) groups is 1. The molecule has 0 spiro atoms. The van der Waals surface area contributed by atoms with Crippen molar-refractivity contribution in [1.82, 2.24) is 9.88 Å². The van der Waals surface area contributed by atoms with Crippen molar-refractivity contribution in [2.24, 2.45) is 0 Å². The van der Waals surface area contributed by atoms with Crippen molar-refractivity contribution < 1.29 is 14.0 Å². The molecule has 2 amide bonds. The summed E-state index contributed by atoms with van der Waals surface area (Å²) in [5.74, 6) is -1.51. The molecule has 0 saturated carbocycles. The highest BCUT2D eigenvalue weighted by atomic mass is 35.5. The molecule has 4 rings (SSSR count). The molecule has 0 bridgehead atoms. The third-order valence-corrected chi connectivity index (χ3v) is 4.87. The lowest BCUT2D eigenvalue weighted by atomic mass is 10.1. The molecular formula is C21H13ClFN3O2S. The van der Waals surface area contributed by atoms with Gasteiger partial charge in [0.05, 0.1) is 5.69 Å². The van der Waals surface area contributed by atoms with Gasteiger partial charge in [-0.2, -0.15) is 0 Å². The summed E-state index contributed by atoms with van der Waals surface area (Å²) in [7, 11) is 0. The lowest BCUT2D eigenvalue weighted by Crippen LogP contribution is -2.54. The summed E-state index contributed by atoms with van der Waals surface area (Å²) in [5, 5.41) is 2.95. The number of nitrogens with zero attached hydrogens (tertiary/aromatic N) is 2. The summed E-state index contributed by atoms with van der Waals surface area (Å²) in [6.45, 7) is 0. The van der Waals surface area contributed by atoms with Gasteiger partial charge in [0.1, 0.15) is 11.4 Å². The van der Waals surface area contributed by atoms with E-state index in [0.29, 0.717) is 22.1 Å². The Bertz CT molecular complexity index is 1170. The second-order valence-electron chi connectivity index (χ2n) is 6.22. The Hall–Kier alpha value is -3.29. The largest absolute Gasteiger partial charge is 0.317 e. The first-order valence-electron chi connectivity index (χ1n) is 8.54. The summed E-state index contributed by atoms with van der Waals surface area (Å²) < 4.78 is 15.0. The number of carbonyl (C=O) groups is 2. The zero-order chi connectivity index (χ0) is 20.5. The molecule has 3 aromatic rings. The van der Waals surface area contributed by atoms with E-state index in [2.05, 4.69) is 5.32 Å². The van der Waals surface area contributed by atoms with Crippen LogP contribution in [0.4, 0.5) is 10.1 Å². The fourth-order valence-corrected chi connectivity index (χ4v) is 3.47. The maximum atomic E-state index is 13.2. The average Bonchev–Trinajstić information content (AvgIpc) is 3.14. The standard InChI is InChI=1S/C21H13ClFN3O2S/c22-13-3-1-4-17(11-13)26-20(28)18(19(27)24-21(26)29)12-16-5-2-10-25(16)15-8-6-14(23)7-9-15/h1-12H,(H,24,27,29)/b18-12-. The van der Waals surface area contributed by atoms with Gasteiger partial charge in [-0.3, -0.25) is 19.8 Å². The van der Waals surface area contributed by atoms with E-state index in [1.54, 1.807) is 59.3 Å². The summed E-state index contributed by atoms with van der Waals surface area (Å²) in [4.78, 5) is 26.8. The number of carbonyl (C=O) groups excluding carboxylic acids is 2. The Morgan fingerprint density at radius 2 is 1.76 bits per heavy atom. The molecule has 1 aliphatic rings. The Labute approximate surface area is 176 Å². The molecule has 144 valence electrons. The number of nitrogens with one attached hydrogen (secondary N) is 1. The van der Waals surface area contributed by atoms with Crippen LogP contribution in [0, 0.1) is 5.82 Å². The Kier molecular flexibility index (Phi) is 5.00. The van der Waals surface area contributed by atoms with E-state index in [9.17, 15) is 14.0 Å². The second kappa shape index (κ2) is 7.62. The zero-order valence-corrected chi connectivity index (χ0v) is 16.4. The van der Waals surface area contributed by atoms with Gasteiger partial charge in [0.25, 0.3) is 11.8 Å². The highest BCUT2D eigenvalue weighted by molar-refractivity contribution is 7.80. The van der Waals surface area contributed by atoms with Gasteiger partial charge in [0.2, 0.25) is 0 Å². The minimum Gasteiger partial charge on any atom is -0.317 e. The lowest BCUT2D eigenvalue weighted by molar-refractivity contribution is -0.122. The van der Waals surface area contributed by atoms with Crippen LogP contribution in [0.5, 0.6) is 0 Å². The van der Waals surface area contributed by atoms with Crippen molar-refractivity contribution >= 4 is 52.5 Å². The average molecular weight is 426 g/mol. The maximum absolute atomic E-state index is 13.2. The number of aromatic nitrogens is 1. The minimum atomic E-state index is -0.592. The number of hydrogen-bond donors (Lipinski definition) is 1. The van der Waals surface area contributed by atoms with E-state index in [0.717, 1.165) is 0 Å². The van der Waals surface area contributed by atoms with Crippen LogP contribution in [0.15, 0.2) is 72.4 Å². The number of amides is 2. The van der Waals surface area contributed by atoms with Gasteiger partial charge in [-0.05, 0) is 72.9 Å². The first kappa shape index (κ1) is 19.0. The van der Waals surface area contributed by atoms with Crippen molar-refractivity contribution in [3.63, 3.8) is 0 Å². The molecule has 2 aromatic carbocycles. The minimum absolute atomic E-state index is 0.0201. The van der Waals surface area contributed by atoms with Gasteiger partial charge in [0.15, 0.2) is 5.11 Å². The van der Waals surface area contributed by atoms with Gasteiger partial charge >= 0.3 is 0 Å². The molecule has 5 nitrogen and oxygen atoms in total. The van der Waals surface area contributed by atoms with Crippen molar-refractivity contribution in [2.45, 2.75) is 0 Å². The van der Waals surface area contributed by atoms with E-state index in [1.165, 1.54) is 23.1 Å². The smallest absolute Gasteiger partial charge is 0.270 e. The van der Waals surface area contributed by atoms with Crippen LogP contribution in [-0.2, 0) is 9.59 Å². The van der Waals surface area contributed by atoms with Crippen molar-refractivity contribution in [1.29, 1.82) is 0 Å². The van der Waals surface area contributed by atoms with Crippen LogP contribution in [-0.4, -0.2) is 21.5 Å². The van der Waals surface area contributed by atoms with Crippen LogP contribution >= 0.6 is 23.8 Å². The van der Waals surface area contributed by atoms with Crippen molar-refractivity contribution in [3.8, 4) is 5.69 Å². The van der Waals surface area contributed by atoms with Gasteiger partial charge in [-0.25, -0.2) is 4.39 Å². The molecule has 0 unspecified atom stereocenters. The molecule has 0 aliphatic carbocycles. The van der Waals surface area contributed by atoms with Crippen molar-refractivity contribution in [3.05, 3.63) is 89.0 Å². The summed E-state index contributed by atoms with van der Waals surface area (Å²) in [6, 6.07) is 16.0. The molecule has 1 aromatic heterocycles. The monoisotopic (exact) mass is 425 g/mol. The Morgan fingerprint density at radius 1 is 1.00 bits per heavy atom. The van der Waals surface area contributed by atoms with Gasteiger partial charge < -0.3 is 4.57 Å². The molecule has 2 heterocycles. The predicted molar refractivity (Wildman–Crippen MR) is 113 cm³/mol. The first-order valence-corrected chi connectivity index (χ1v) is 9.33. The fourth-order valence-electron chi connectivity index (χ4n) is 3.00. The SMILES string of the molecule is O=C1NC(=S)N(c2cccc(Cl)c2)C(=O)/C1=C\c1cccn1-c1ccc(F)cc1. The van der Waals surface area contributed by atoms with Crippen LogP contribution in [0.3, 0.4) is 0 Å². The molecular weight excluding hydrogens is 413 g/mol. The lowest BCUT2D eigenvalue weighted by Gasteiger charge is -2.29. The van der Waals surface area contributed by atoms with E-state index in [1.807, 2.05) is 0 Å². The molecule has 1 N–H and O–H groups in total. The Balaban J connectivity index is 1.75. The van der Waals surface area contributed by atoms with Gasteiger partial charge in [-0.15, -0.1) is 0 Å². The molecule has 1 fully saturated rings. The van der Waals surface area contributed by atoms with Crippen LogP contribution < -0.4 is 10.2 Å². The molecule has 29 heavy (non-hydrogen) atoms. The van der Waals surface area contributed by atoms with E-state index in [4.69, 9.17) is 23.8 Å². The molecule has 0 radical (unpaired) electrons. The van der Waals surface area contributed by atoms with Crippen LogP contribution in [0.25, 0.3) is 11.8 Å². The highest BCUT2D eigenvalue weighted by Crippen LogP contribution is 2.25. The first-order chi connectivity index (χ1) is 13.9. The number of hydrogen-bond acceptors (Lipinski definition) is 3. The van der Waals surface area contributed by atoms with Crippen LogP contribution in [0.2, 0.25) is 5.02 Å². The summed E-state index contributed by atoms with van der Waals surface area (Å²) in [6.07, 6.45) is 3.23. The summed E-state index contributed by atoms with van der Waals surface area (Å²) in [5.41, 5.74) is 1.64. The number of halogens is 2. The third kappa shape index (κ3) is 3.70. The zero-order valence-electron chi connectivity index (χ0n) is 14.8. The fraction of sp³-hybridized carbons (Fsp3) is 0. The predicted octanol–water partition coefficient (Wildman–Crippen LogP) is 4.10. The molecule has 1 aliphatic heterocycles. The highest BCUT2D eigenvalue weighted by Gasteiger charge is 2.34. The number of anilines is 1. The van der Waals surface area contributed by atoms with E-state index in [-0.39, 0.29) is 16.5 Å². The van der Waals surface area contributed by atoms with Gasteiger partial charge in [0, 0.05) is 22.6 Å². The molecule has 0 atom stereocenters. The van der Waals surface area contributed by atoms with E-state index >= 15 is 0 Å². The molecule has 8 heteroatoms. The maximum Gasteiger partial charge on any atom is 0.270 e. The van der Waals surface area contributed by atoms with Crippen molar-refractivity contribution in [2.75, 3.05) is 4.90 Å². The van der Waals surface area contributed by atoms with E-state index < -0.39 is 11.8 Å². The second-order valence-corrected chi connectivity index (χ2v) is 7.04. The Morgan fingerprint density at radius 3 is 2.48 bits per heavy atom. The third-order valence-electron chi connectivity index (χ3n) is 4.35. The quantitative estimate of drug-likeness (QED) is 0.390. The topological polar surface area (TPSA) is 54.3 Å². The number of benzene rings is 2.